The van der Waals surface area contributed by atoms with Gasteiger partial charge in [0, 0.05) is 28.8 Å². The van der Waals surface area contributed by atoms with Crippen LogP contribution in [0.4, 0.5) is 10.1 Å². The Balaban J connectivity index is 1.99. The molecule has 21 heavy (non-hydrogen) atoms. The summed E-state index contributed by atoms with van der Waals surface area (Å²) in [5.41, 5.74) is 2.49. The van der Waals surface area contributed by atoms with Gasteiger partial charge in [-0.25, -0.2) is 4.39 Å². The molecule has 0 aliphatic rings. The van der Waals surface area contributed by atoms with Crippen molar-refractivity contribution in [3.05, 3.63) is 63.9 Å². The van der Waals surface area contributed by atoms with E-state index >= 15 is 0 Å². The normalized spacial score (nSPS) is 10.2. The van der Waals surface area contributed by atoms with Crippen molar-refractivity contribution >= 4 is 27.5 Å². The number of nitrogens with one attached hydrogen (secondary N) is 2. The molecule has 2 aromatic carbocycles. The molecule has 0 atom stereocenters. The SMILES string of the molecule is CCNC(=O)c1ccc(NCc2ccc(F)cc2Br)cc1. The van der Waals surface area contributed by atoms with Gasteiger partial charge in [-0.2, -0.15) is 0 Å². The molecule has 0 heterocycles. The number of anilines is 1. The number of halogens is 2. The molecule has 5 heteroatoms. The molecule has 0 unspecified atom stereocenters. The molecular weight excluding hydrogens is 335 g/mol. The quantitative estimate of drug-likeness (QED) is 0.857. The minimum atomic E-state index is -0.267. The maximum absolute atomic E-state index is 13.0. The van der Waals surface area contributed by atoms with Crippen LogP contribution in [0.3, 0.4) is 0 Å². The summed E-state index contributed by atoms with van der Waals surface area (Å²) in [5, 5.41) is 5.99. The third-order valence-electron chi connectivity index (χ3n) is 2.98. The van der Waals surface area contributed by atoms with Gasteiger partial charge in [0.15, 0.2) is 0 Å². The van der Waals surface area contributed by atoms with Crippen molar-refractivity contribution < 1.29 is 9.18 Å². The van der Waals surface area contributed by atoms with Crippen molar-refractivity contribution in [2.45, 2.75) is 13.5 Å². The monoisotopic (exact) mass is 350 g/mol. The van der Waals surface area contributed by atoms with Crippen molar-refractivity contribution in [2.75, 3.05) is 11.9 Å². The van der Waals surface area contributed by atoms with E-state index in [1.54, 1.807) is 18.2 Å². The topological polar surface area (TPSA) is 41.1 Å². The molecule has 0 aromatic heterocycles. The molecule has 110 valence electrons. The Morgan fingerprint density at radius 2 is 1.90 bits per heavy atom. The number of carbonyl (C=O) groups is 1. The van der Waals surface area contributed by atoms with Gasteiger partial charge in [0.1, 0.15) is 5.82 Å². The predicted octanol–water partition coefficient (Wildman–Crippen LogP) is 3.95. The van der Waals surface area contributed by atoms with E-state index in [1.807, 2.05) is 19.1 Å². The van der Waals surface area contributed by atoms with E-state index in [-0.39, 0.29) is 11.7 Å². The molecule has 0 radical (unpaired) electrons. The van der Waals surface area contributed by atoms with Crippen molar-refractivity contribution in [3.8, 4) is 0 Å². The van der Waals surface area contributed by atoms with Crippen LogP contribution in [0, 0.1) is 5.82 Å². The highest BCUT2D eigenvalue weighted by molar-refractivity contribution is 9.10. The van der Waals surface area contributed by atoms with Gasteiger partial charge in [-0.3, -0.25) is 4.79 Å². The minimum Gasteiger partial charge on any atom is -0.381 e. The summed E-state index contributed by atoms with van der Waals surface area (Å²) < 4.78 is 13.7. The Hall–Kier alpha value is -1.88. The highest BCUT2D eigenvalue weighted by Crippen LogP contribution is 2.19. The summed E-state index contributed by atoms with van der Waals surface area (Å²) >= 11 is 3.34. The summed E-state index contributed by atoms with van der Waals surface area (Å²) in [5.74, 6) is -0.345. The second-order valence-corrected chi connectivity index (χ2v) is 5.38. The first-order chi connectivity index (χ1) is 10.1. The van der Waals surface area contributed by atoms with E-state index in [0.29, 0.717) is 18.7 Å². The minimum absolute atomic E-state index is 0.0784. The van der Waals surface area contributed by atoms with Crippen LogP contribution in [-0.2, 0) is 6.54 Å². The number of hydrogen-bond donors (Lipinski definition) is 2. The lowest BCUT2D eigenvalue weighted by Crippen LogP contribution is -2.22. The molecule has 2 rings (SSSR count). The fraction of sp³-hybridized carbons (Fsp3) is 0.188. The van der Waals surface area contributed by atoms with Gasteiger partial charge >= 0.3 is 0 Å². The van der Waals surface area contributed by atoms with Gasteiger partial charge in [0.25, 0.3) is 5.91 Å². The summed E-state index contributed by atoms with van der Waals surface area (Å²) in [6.45, 7) is 3.06. The zero-order valence-electron chi connectivity index (χ0n) is 11.6. The Morgan fingerprint density at radius 1 is 1.19 bits per heavy atom. The van der Waals surface area contributed by atoms with E-state index in [0.717, 1.165) is 15.7 Å². The molecule has 3 nitrogen and oxygen atoms in total. The van der Waals surface area contributed by atoms with E-state index in [4.69, 9.17) is 0 Å². The lowest BCUT2D eigenvalue weighted by molar-refractivity contribution is 0.0956. The predicted molar refractivity (Wildman–Crippen MR) is 85.9 cm³/mol. The average Bonchev–Trinajstić information content (AvgIpc) is 2.47. The molecule has 0 bridgehead atoms. The van der Waals surface area contributed by atoms with Crippen molar-refractivity contribution in [1.82, 2.24) is 5.32 Å². The van der Waals surface area contributed by atoms with Crippen LogP contribution >= 0.6 is 15.9 Å². The van der Waals surface area contributed by atoms with E-state index < -0.39 is 0 Å². The number of carbonyl (C=O) groups excluding carboxylic acids is 1. The molecule has 1 amide bonds. The number of hydrogen-bond acceptors (Lipinski definition) is 2. The Bertz CT molecular complexity index is 629. The van der Waals surface area contributed by atoms with Gasteiger partial charge in [-0.05, 0) is 48.9 Å². The Morgan fingerprint density at radius 3 is 2.52 bits per heavy atom. The Labute approximate surface area is 131 Å². The number of rotatable bonds is 5. The zero-order chi connectivity index (χ0) is 15.2. The van der Waals surface area contributed by atoms with Crippen LogP contribution in [0.25, 0.3) is 0 Å². The van der Waals surface area contributed by atoms with Crippen LogP contribution in [-0.4, -0.2) is 12.5 Å². The third-order valence-corrected chi connectivity index (χ3v) is 3.72. The first-order valence-electron chi connectivity index (χ1n) is 6.66. The molecule has 2 aromatic rings. The molecular formula is C16H16BrFN2O. The van der Waals surface area contributed by atoms with E-state index in [9.17, 15) is 9.18 Å². The standard InChI is InChI=1S/C16H16BrFN2O/c1-2-19-16(21)11-4-7-14(8-5-11)20-10-12-3-6-13(18)9-15(12)17/h3-9,20H,2,10H2,1H3,(H,19,21). The second kappa shape index (κ2) is 7.22. The molecule has 0 spiro atoms. The van der Waals surface area contributed by atoms with Crippen LogP contribution in [0.2, 0.25) is 0 Å². The molecule has 0 aliphatic heterocycles. The second-order valence-electron chi connectivity index (χ2n) is 4.53. The number of benzene rings is 2. The van der Waals surface area contributed by atoms with E-state index in [1.165, 1.54) is 12.1 Å². The molecule has 0 aliphatic carbocycles. The summed E-state index contributed by atoms with van der Waals surface area (Å²) in [6, 6.07) is 11.8. The smallest absolute Gasteiger partial charge is 0.251 e. The van der Waals surface area contributed by atoms with Gasteiger partial charge in [0.2, 0.25) is 0 Å². The fourth-order valence-corrected chi connectivity index (χ4v) is 2.36. The highest BCUT2D eigenvalue weighted by atomic mass is 79.9. The van der Waals surface area contributed by atoms with Gasteiger partial charge in [-0.1, -0.05) is 22.0 Å². The molecule has 0 saturated carbocycles. The summed E-state index contributed by atoms with van der Waals surface area (Å²) in [6.07, 6.45) is 0. The van der Waals surface area contributed by atoms with Gasteiger partial charge in [-0.15, -0.1) is 0 Å². The third kappa shape index (κ3) is 4.29. The maximum atomic E-state index is 13.0. The number of amides is 1. The largest absolute Gasteiger partial charge is 0.381 e. The van der Waals surface area contributed by atoms with Crippen molar-refractivity contribution in [2.24, 2.45) is 0 Å². The lowest BCUT2D eigenvalue weighted by atomic mass is 10.1. The van der Waals surface area contributed by atoms with Crippen LogP contribution in [0.5, 0.6) is 0 Å². The van der Waals surface area contributed by atoms with Gasteiger partial charge < -0.3 is 10.6 Å². The van der Waals surface area contributed by atoms with Crippen molar-refractivity contribution in [3.63, 3.8) is 0 Å². The van der Waals surface area contributed by atoms with Crippen molar-refractivity contribution in [1.29, 1.82) is 0 Å². The Kier molecular flexibility index (Phi) is 5.33. The highest BCUT2D eigenvalue weighted by Gasteiger charge is 2.04. The van der Waals surface area contributed by atoms with Crippen LogP contribution in [0.15, 0.2) is 46.9 Å². The van der Waals surface area contributed by atoms with Crippen LogP contribution < -0.4 is 10.6 Å². The molecule has 0 saturated heterocycles. The fourth-order valence-electron chi connectivity index (χ4n) is 1.86. The first kappa shape index (κ1) is 15.5. The molecule has 0 fully saturated rings. The zero-order valence-corrected chi connectivity index (χ0v) is 13.2. The van der Waals surface area contributed by atoms with Gasteiger partial charge in [0.05, 0.1) is 0 Å². The average molecular weight is 351 g/mol. The summed E-state index contributed by atoms with van der Waals surface area (Å²) in [7, 11) is 0. The first-order valence-corrected chi connectivity index (χ1v) is 7.45. The summed E-state index contributed by atoms with van der Waals surface area (Å²) in [4.78, 5) is 11.6. The van der Waals surface area contributed by atoms with Crippen LogP contribution in [0.1, 0.15) is 22.8 Å². The molecule has 2 N–H and O–H groups in total. The lowest BCUT2D eigenvalue weighted by Gasteiger charge is -2.09. The maximum Gasteiger partial charge on any atom is 0.251 e. The van der Waals surface area contributed by atoms with E-state index in [2.05, 4.69) is 26.6 Å².